The van der Waals surface area contributed by atoms with Gasteiger partial charge in [-0.05, 0) is 16.6 Å². The van der Waals surface area contributed by atoms with Gasteiger partial charge in [0.15, 0.2) is 0 Å². The molecule has 0 aromatic carbocycles. The second-order valence-corrected chi connectivity index (χ2v) is 12.1. The summed E-state index contributed by atoms with van der Waals surface area (Å²) in [6, 6.07) is 0. The van der Waals surface area contributed by atoms with E-state index in [1.165, 1.54) is 0 Å². The maximum Gasteiger partial charge on any atom is 0.200 e. The standard InChI is InChI=1S/C16H32O3Si/c1-13(2)20(14(3)4,15(5)6)19-10-8-7-9-17-11-16-12-18-16/h7-8,13-16H,9-12H2,1-6H3/b8-7-. The second-order valence-electron chi connectivity index (χ2n) is 6.59. The van der Waals surface area contributed by atoms with Crippen molar-refractivity contribution in [3.63, 3.8) is 0 Å². The third kappa shape index (κ3) is 4.99. The van der Waals surface area contributed by atoms with E-state index in [9.17, 15) is 0 Å². The first-order chi connectivity index (χ1) is 9.41. The van der Waals surface area contributed by atoms with E-state index < -0.39 is 8.32 Å². The van der Waals surface area contributed by atoms with Crippen molar-refractivity contribution in [3.05, 3.63) is 12.2 Å². The molecule has 0 aliphatic carbocycles. The molecule has 0 amide bonds. The van der Waals surface area contributed by atoms with Crippen LogP contribution in [0.25, 0.3) is 0 Å². The molecular formula is C16H32O3Si. The predicted molar refractivity (Wildman–Crippen MR) is 86.7 cm³/mol. The van der Waals surface area contributed by atoms with Gasteiger partial charge in [0.05, 0.1) is 26.4 Å². The first-order valence-electron chi connectivity index (χ1n) is 7.89. The van der Waals surface area contributed by atoms with Crippen LogP contribution in [-0.4, -0.2) is 40.8 Å². The Hall–Kier alpha value is -0.163. The molecule has 0 aromatic rings. The lowest BCUT2D eigenvalue weighted by atomic mass is 10.5. The van der Waals surface area contributed by atoms with E-state index in [1.807, 2.05) is 0 Å². The highest BCUT2D eigenvalue weighted by molar-refractivity contribution is 6.77. The summed E-state index contributed by atoms with van der Waals surface area (Å²) in [5, 5.41) is 0. The van der Waals surface area contributed by atoms with E-state index >= 15 is 0 Å². The largest absolute Gasteiger partial charge is 0.412 e. The van der Waals surface area contributed by atoms with Gasteiger partial charge in [0.2, 0.25) is 8.32 Å². The molecule has 1 heterocycles. The van der Waals surface area contributed by atoms with Gasteiger partial charge in [-0.3, -0.25) is 0 Å². The second kappa shape index (κ2) is 8.32. The van der Waals surface area contributed by atoms with Crippen LogP contribution in [-0.2, 0) is 13.9 Å². The van der Waals surface area contributed by atoms with Gasteiger partial charge in [-0.15, -0.1) is 0 Å². The zero-order chi connectivity index (χ0) is 15.2. The van der Waals surface area contributed by atoms with Crippen molar-refractivity contribution in [2.75, 3.05) is 26.4 Å². The highest BCUT2D eigenvalue weighted by atomic mass is 28.4. The molecular weight excluding hydrogens is 268 g/mol. The summed E-state index contributed by atoms with van der Waals surface area (Å²) >= 11 is 0. The number of hydrogen-bond donors (Lipinski definition) is 0. The van der Waals surface area contributed by atoms with Gasteiger partial charge < -0.3 is 13.9 Å². The molecule has 0 spiro atoms. The Bertz CT molecular complexity index is 274. The minimum absolute atomic E-state index is 0.350. The average Bonchev–Trinajstić information content (AvgIpc) is 3.15. The molecule has 1 saturated heterocycles. The fourth-order valence-electron chi connectivity index (χ4n) is 3.26. The molecule has 0 saturated carbocycles. The summed E-state index contributed by atoms with van der Waals surface area (Å²) in [5.41, 5.74) is 1.91. The summed E-state index contributed by atoms with van der Waals surface area (Å²) in [6.07, 6.45) is 4.51. The van der Waals surface area contributed by atoms with Crippen molar-refractivity contribution in [3.8, 4) is 0 Å². The normalized spacial score (nSPS) is 19.8. The summed E-state index contributed by atoms with van der Waals surface area (Å²) in [6.45, 7) is 16.8. The molecule has 1 aliphatic heterocycles. The monoisotopic (exact) mass is 300 g/mol. The van der Waals surface area contributed by atoms with Crippen molar-refractivity contribution in [1.29, 1.82) is 0 Å². The number of hydrogen-bond acceptors (Lipinski definition) is 3. The molecule has 20 heavy (non-hydrogen) atoms. The van der Waals surface area contributed by atoms with Gasteiger partial charge in [0, 0.05) is 0 Å². The summed E-state index contributed by atoms with van der Waals surface area (Å²) in [4.78, 5) is 0. The van der Waals surface area contributed by atoms with Crippen LogP contribution < -0.4 is 0 Å². The lowest BCUT2D eigenvalue weighted by molar-refractivity contribution is 0.140. The Morgan fingerprint density at radius 1 is 1.00 bits per heavy atom. The molecule has 0 aromatic heterocycles. The van der Waals surface area contributed by atoms with Crippen molar-refractivity contribution < 1.29 is 13.9 Å². The van der Waals surface area contributed by atoms with Crippen LogP contribution in [0.15, 0.2) is 12.2 Å². The fourth-order valence-corrected chi connectivity index (χ4v) is 8.65. The Labute approximate surface area is 125 Å². The lowest BCUT2D eigenvalue weighted by Crippen LogP contribution is -2.47. The van der Waals surface area contributed by atoms with Crippen LogP contribution in [0.5, 0.6) is 0 Å². The fraction of sp³-hybridized carbons (Fsp3) is 0.875. The zero-order valence-electron chi connectivity index (χ0n) is 14.0. The molecule has 0 bridgehead atoms. The van der Waals surface area contributed by atoms with E-state index in [0.29, 0.717) is 42.5 Å². The molecule has 1 atom stereocenters. The van der Waals surface area contributed by atoms with E-state index in [1.54, 1.807) is 0 Å². The molecule has 3 nitrogen and oxygen atoms in total. The van der Waals surface area contributed by atoms with Crippen molar-refractivity contribution >= 4 is 8.32 Å². The maximum atomic E-state index is 6.43. The quantitative estimate of drug-likeness (QED) is 0.263. The van der Waals surface area contributed by atoms with Gasteiger partial charge in [-0.1, -0.05) is 53.7 Å². The Balaban J connectivity index is 2.35. The van der Waals surface area contributed by atoms with Gasteiger partial charge in [-0.2, -0.15) is 0 Å². The van der Waals surface area contributed by atoms with E-state index in [2.05, 4.69) is 53.7 Å². The highest BCUT2D eigenvalue weighted by Crippen LogP contribution is 2.42. The van der Waals surface area contributed by atoms with Crippen molar-refractivity contribution in [2.45, 2.75) is 64.3 Å². The zero-order valence-corrected chi connectivity index (χ0v) is 15.0. The molecule has 1 aliphatic rings. The summed E-state index contributed by atoms with van der Waals surface area (Å²) in [7, 11) is -1.72. The van der Waals surface area contributed by atoms with Gasteiger partial charge in [0.1, 0.15) is 6.10 Å². The van der Waals surface area contributed by atoms with Crippen LogP contribution >= 0.6 is 0 Å². The van der Waals surface area contributed by atoms with Crippen LogP contribution in [0.1, 0.15) is 41.5 Å². The number of rotatable bonds is 10. The van der Waals surface area contributed by atoms with Crippen molar-refractivity contribution in [2.24, 2.45) is 0 Å². The summed E-state index contributed by atoms with van der Waals surface area (Å²) < 4.78 is 17.0. The predicted octanol–water partition coefficient (Wildman–Crippen LogP) is 4.15. The summed E-state index contributed by atoms with van der Waals surface area (Å²) in [5.74, 6) is 0. The van der Waals surface area contributed by atoms with E-state index in [0.717, 1.165) is 6.61 Å². The molecule has 118 valence electrons. The van der Waals surface area contributed by atoms with Crippen molar-refractivity contribution in [1.82, 2.24) is 0 Å². The lowest BCUT2D eigenvalue weighted by Gasteiger charge is -2.41. The molecule has 1 unspecified atom stereocenters. The Morgan fingerprint density at radius 3 is 1.95 bits per heavy atom. The average molecular weight is 301 g/mol. The molecule has 0 N–H and O–H groups in total. The minimum Gasteiger partial charge on any atom is -0.412 e. The smallest absolute Gasteiger partial charge is 0.200 e. The van der Waals surface area contributed by atoms with Crippen LogP contribution in [0.2, 0.25) is 16.6 Å². The van der Waals surface area contributed by atoms with Crippen LogP contribution in [0, 0.1) is 0 Å². The van der Waals surface area contributed by atoms with Gasteiger partial charge in [0.25, 0.3) is 0 Å². The van der Waals surface area contributed by atoms with E-state index in [-0.39, 0.29) is 0 Å². The first kappa shape index (κ1) is 17.9. The van der Waals surface area contributed by atoms with Gasteiger partial charge >= 0.3 is 0 Å². The third-order valence-corrected chi connectivity index (χ3v) is 10.3. The SMILES string of the molecule is CC(C)[Si](OC/C=C\COCC1CO1)(C(C)C)C(C)C. The third-order valence-electron chi connectivity index (χ3n) is 4.22. The topological polar surface area (TPSA) is 31.0 Å². The van der Waals surface area contributed by atoms with E-state index in [4.69, 9.17) is 13.9 Å². The van der Waals surface area contributed by atoms with Crippen LogP contribution in [0.3, 0.4) is 0 Å². The van der Waals surface area contributed by atoms with Crippen LogP contribution in [0.4, 0.5) is 0 Å². The Morgan fingerprint density at radius 2 is 1.50 bits per heavy atom. The maximum absolute atomic E-state index is 6.43. The first-order valence-corrected chi connectivity index (χ1v) is 10.0. The minimum atomic E-state index is -1.72. The Kier molecular flexibility index (Phi) is 7.44. The number of ether oxygens (including phenoxy) is 2. The molecule has 4 heteroatoms. The van der Waals surface area contributed by atoms with Gasteiger partial charge in [-0.25, -0.2) is 0 Å². The molecule has 1 fully saturated rings. The molecule has 1 rings (SSSR count). The number of epoxide rings is 1. The molecule has 0 radical (unpaired) electrons. The highest BCUT2D eigenvalue weighted by Gasteiger charge is 2.44.